The van der Waals surface area contributed by atoms with E-state index in [0.29, 0.717) is 12.1 Å². The summed E-state index contributed by atoms with van der Waals surface area (Å²) in [5.41, 5.74) is -0.409. The molecule has 4 heteroatoms. The fourth-order valence-electron chi connectivity index (χ4n) is 2.71. The molecule has 1 amide bonds. The monoisotopic (exact) mass is 265 g/mol. The number of hydrogen-bond acceptors (Lipinski definition) is 2. The fourth-order valence-corrected chi connectivity index (χ4v) is 2.71. The third-order valence-electron chi connectivity index (χ3n) is 3.75. The number of likely N-dealkylation sites (tertiary alicyclic amines) is 1. The van der Waals surface area contributed by atoms with Gasteiger partial charge in [-0.05, 0) is 45.2 Å². The van der Waals surface area contributed by atoms with Crippen molar-refractivity contribution in [2.75, 3.05) is 6.54 Å². The van der Waals surface area contributed by atoms with E-state index in [9.17, 15) is 14.3 Å². The van der Waals surface area contributed by atoms with Crippen LogP contribution in [-0.2, 0) is 0 Å². The molecule has 1 aliphatic rings. The summed E-state index contributed by atoms with van der Waals surface area (Å²) in [7, 11) is 0. The average molecular weight is 265 g/mol. The molecule has 1 aromatic carbocycles. The van der Waals surface area contributed by atoms with Crippen LogP contribution in [0.2, 0.25) is 0 Å². The molecule has 0 radical (unpaired) electrons. The molecule has 0 spiro atoms. The van der Waals surface area contributed by atoms with Gasteiger partial charge in [-0.15, -0.1) is 0 Å². The highest BCUT2D eigenvalue weighted by molar-refractivity contribution is 5.95. The molecule has 1 N–H and O–H groups in total. The predicted molar refractivity (Wildman–Crippen MR) is 71.5 cm³/mol. The van der Waals surface area contributed by atoms with Gasteiger partial charge in [-0.25, -0.2) is 4.39 Å². The molecule has 0 unspecified atom stereocenters. The number of nitrogens with zero attached hydrogens (tertiary/aromatic N) is 1. The van der Waals surface area contributed by atoms with Crippen LogP contribution in [0.25, 0.3) is 0 Å². The van der Waals surface area contributed by atoms with Gasteiger partial charge in [0.05, 0.1) is 17.2 Å². The Balaban J connectivity index is 2.31. The minimum atomic E-state index is -0.966. The second kappa shape index (κ2) is 4.93. The second-order valence-corrected chi connectivity index (χ2v) is 5.75. The van der Waals surface area contributed by atoms with Crippen molar-refractivity contribution < 1.29 is 14.3 Å². The molecule has 3 nitrogen and oxygen atoms in total. The highest BCUT2D eigenvalue weighted by atomic mass is 19.1. The third kappa shape index (κ3) is 2.63. The van der Waals surface area contributed by atoms with E-state index in [2.05, 4.69) is 0 Å². The van der Waals surface area contributed by atoms with Gasteiger partial charge in [-0.2, -0.15) is 0 Å². The normalized spacial score (nSPS) is 19.8. The molecule has 0 saturated carbocycles. The van der Waals surface area contributed by atoms with Gasteiger partial charge in [-0.1, -0.05) is 12.1 Å². The number of aliphatic hydroxyl groups is 1. The fraction of sp³-hybridized carbons (Fsp3) is 0.533. The second-order valence-electron chi connectivity index (χ2n) is 5.75. The van der Waals surface area contributed by atoms with Gasteiger partial charge in [0.1, 0.15) is 5.82 Å². The SMILES string of the molecule is Cc1cccc(C(=O)N2CCC[C@@H]2C(C)(C)O)c1F. The lowest BCUT2D eigenvalue weighted by atomic mass is 9.96. The molecular formula is C15H20FNO2. The standard InChI is InChI=1S/C15H20FNO2/c1-10-6-4-7-11(13(10)16)14(18)17-9-5-8-12(17)15(2,3)19/h4,6-7,12,19H,5,8-9H2,1-3H3/t12-/m1/s1. The summed E-state index contributed by atoms with van der Waals surface area (Å²) in [5.74, 6) is -0.792. The van der Waals surface area contributed by atoms with Crippen LogP contribution in [0.3, 0.4) is 0 Å². The van der Waals surface area contributed by atoms with Crippen LogP contribution in [0.5, 0.6) is 0 Å². The molecule has 1 aliphatic heterocycles. The van der Waals surface area contributed by atoms with Crippen LogP contribution in [-0.4, -0.2) is 34.1 Å². The van der Waals surface area contributed by atoms with Gasteiger partial charge in [-0.3, -0.25) is 4.79 Å². The van der Waals surface area contributed by atoms with Crippen molar-refractivity contribution in [1.82, 2.24) is 4.90 Å². The highest BCUT2D eigenvalue weighted by Gasteiger charge is 2.39. The Morgan fingerprint density at radius 2 is 2.16 bits per heavy atom. The maximum atomic E-state index is 14.0. The van der Waals surface area contributed by atoms with Gasteiger partial charge < -0.3 is 10.0 Å². The molecular weight excluding hydrogens is 245 g/mol. The Bertz CT molecular complexity index is 493. The maximum Gasteiger partial charge on any atom is 0.257 e. The van der Waals surface area contributed by atoms with Gasteiger partial charge in [0, 0.05) is 6.54 Å². The zero-order chi connectivity index (χ0) is 14.2. The summed E-state index contributed by atoms with van der Waals surface area (Å²) in [4.78, 5) is 14.0. The third-order valence-corrected chi connectivity index (χ3v) is 3.75. The Labute approximate surface area is 113 Å². The number of benzene rings is 1. The Hall–Kier alpha value is -1.42. The number of carbonyl (C=O) groups is 1. The van der Waals surface area contributed by atoms with Crippen LogP contribution in [0.1, 0.15) is 42.6 Å². The zero-order valence-corrected chi connectivity index (χ0v) is 11.6. The summed E-state index contributed by atoms with van der Waals surface area (Å²) in [5, 5.41) is 10.1. The molecule has 1 saturated heterocycles. The number of rotatable bonds is 2. The smallest absolute Gasteiger partial charge is 0.257 e. The van der Waals surface area contributed by atoms with Crippen LogP contribution in [0.15, 0.2) is 18.2 Å². The largest absolute Gasteiger partial charge is 0.388 e. The van der Waals surface area contributed by atoms with E-state index >= 15 is 0 Å². The van der Waals surface area contributed by atoms with E-state index in [1.54, 1.807) is 37.8 Å². The molecule has 0 bridgehead atoms. The first kappa shape index (κ1) is 14.0. The van der Waals surface area contributed by atoms with E-state index < -0.39 is 11.4 Å². The molecule has 19 heavy (non-hydrogen) atoms. The number of carbonyl (C=O) groups excluding carboxylic acids is 1. The maximum absolute atomic E-state index is 14.0. The minimum absolute atomic E-state index is 0.0937. The Kier molecular flexibility index (Phi) is 3.63. The molecule has 1 atom stereocenters. The van der Waals surface area contributed by atoms with Crippen molar-refractivity contribution in [3.8, 4) is 0 Å². The number of amides is 1. The first-order valence-electron chi connectivity index (χ1n) is 6.61. The van der Waals surface area contributed by atoms with Crippen molar-refractivity contribution in [1.29, 1.82) is 0 Å². The van der Waals surface area contributed by atoms with Gasteiger partial charge >= 0.3 is 0 Å². The summed E-state index contributed by atoms with van der Waals surface area (Å²) < 4.78 is 14.0. The predicted octanol–water partition coefficient (Wildman–Crippen LogP) is 2.51. The van der Waals surface area contributed by atoms with Crippen molar-refractivity contribution in [3.63, 3.8) is 0 Å². The number of hydrogen-bond donors (Lipinski definition) is 1. The Morgan fingerprint density at radius 1 is 1.47 bits per heavy atom. The van der Waals surface area contributed by atoms with Gasteiger partial charge in [0.15, 0.2) is 0 Å². The van der Waals surface area contributed by atoms with Crippen molar-refractivity contribution in [2.24, 2.45) is 0 Å². The molecule has 1 aromatic rings. The zero-order valence-electron chi connectivity index (χ0n) is 11.6. The summed E-state index contributed by atoms with van der Waals surface area (Å²) in [6.07, 6.45) is 1.59. The van der Waals surface area contributed by atoms with Crippen LogP contribution >= 0.6 is 0 Å². The van der Waals surface area contributed by atoms with Crippen molar-refractivity contribution >= 4 is 5.91 Å². The lowest BCUT2D eigenvalue weighted by Gasteiger charge is -2.34. The van der Waals surface area contributed by atoms with E-state index in [4.69, 9.17) is 0 Å². The molecule has 1 fully saturated rings. The molecule has 1 heterocycles. The Morgan fingerprint density at radius 3 is 2.79 bits per heavy atom. The summed E-state index contributed by atoms with van der Waals surface area (Å²) >= 11 is 0. The lowest BCUT2D eigenvalue weighted by molar-refractivity contribution is 0.000155. The summed E-state index contributed by atoms with van der Waals surface area (Å²) in [6.45, 7) is 5.59. The first-order chi connectivity index (χ1) is 8.82. The summed E-state index contributed by atoms with van der Waals surface area (Å²) in [6, 6.07) is 4.58. The molecule has 2 rings (SSSR count). The van der Waals surface area contributed by atoms with Crippen molar-refractivity contribution in [2.45, 2.75) is 45.3 Å². The molecule has 0 aromatic heterocycles. The van der Waals surface area contributed by atoms with Crippen LogP contribution in [0.4, 0.5) is 4.39 Å². The lowest BCUT2D eigenvalue weighted by Crippen LogP contribution is -2.48. The van der Waals surface area contributed by atoms with E-state index in [1.807, 2.05) is 0 Å². The number of halogens is 1. The average Bonchev–Trinajstić information content (AvgIpc) is 2.80. The minimum Gasteiger partial charge on any atom is -0.388 e. The molecule has 0 aliphatic carbocycles. The van der Waals surface area contributed by atoms with Crippen LogP contribution < -0.4 is 0 Å². The highest BCUT2D eigenvalue weighted by Crippen LogP contribution is 2.29. The number of aryl methyl sites for hydroxylation is 1. The first-order valence-corrected chi connectivity index (χ1v) is 6.61. The van der Waals surface area contributed by atoms with Gasteiger partial charge in [0.25, 0.3) is 5.91 Å². The van der Waals surface area contributed by atoms with E-state index in [1.165, 1.54) is 6.07 Å². The van der Waals surface area contributed by atoms with Gasteiger partial charge in [0.2, 0.25) is 0 Å². The van der Waals surface area contributed by atoms with E-state index in [0.717, 1.165) is 12.8 Å². The quantitative estimate of drug-likeness (QED) is 0.892. The van der Waals surface area contributed by atoms with Crippen LogP contribution in [0, 0.1) is 12.7 Å². The topological polar surface area (TPSA) is 40.5 Å². The molecule has 104 valence electrons. The van der Waals surface area contributed by atoms with Crippen molar-refractivity contribution in [3.05, 3.63) is 35.1 Å². The van der Waals surface area contributed by atoms with E-state index in [-0.39, 0.29) is 17.5 Å².